The molecule has 0 saturated carbocycles. The van der Waals surface area contributed by atoms with Crippen LogP contribution in [-0.4, -0.2) is 36.2 Å². The van der Waals surface area contributed by atoms with Crippen LogP contribution in [-0.2, 0) is 10.0 Å². The number of halogens is 1. The molecule has 112 valence electrons. The molecule has 1 saturated heterocycles. The number of nitrogens with zero attached hydrogens (tertiary/aromatic N) is 2. The molecule has 0 N–H and O–H groups in total. The van der Waals surface area contributed by atoms with Gasteiger partial charge in [0.05, 0.1) is 10.4 Å². The van der Waals surface area contributed by atoms with Crippen LogP contribution in [0.15, 0.2) is 41.4 Å². The fourth-order valence-electron chi connectivity index (χ4n) is 2.74. The maximum atomic E-state index is 12.9. The molecule has 0 aliphatic carbocycles. The molecule has 2 heterocycles. The number of piperidine rings is 1. The Kier molecular flexibility index (Phi) is 3.90. The van der Waals surface area contributed by atoms with E-state index in [9.17, 15) is 8.42 Å². The Morgan fingerprint density at radius 3 is 2.86 bits per heavy atom. The predicted octanol–water partition coefficient (Wildman–Crippen LogP) is 2.87. The zero-order valence-electron chi connectivity index (χ0n) is 11.7. The molecule has 2 unspecified atom stereocenters. The summed E-state index contributed by atoms with van der Waals surface area (Å²) < 4.78 is 27.4. The first-order chi connectivity index (χ1) is 10.00. The van der Waals surface area contributed by atoms with Gasteiger partial charge in [0.25, 0.3) is 0 Å². The average Bonchev–Trinajstić information content (AvgIpc) is 2.49. The van der Waals surface area contributed by atoms with Crippen LogP contribution in [0.1, 0.15) is 13.3 Å². The Bertz CT molecular complexity index is 758. The number of hydrogen-bond donors (Lipinski definition) is 0. The largest absolute Gasteiger partial charge is 0.256 e. The Morgan fingerprint density at radius 2 is 2.10 bits per heavy atom. The van der Waals surface area contributed by atoms with Crippen LogP contribution in [0.5, 0.6) is 0 Å². The first-order valence-corrected chi connectivity index (χ1v) is 8.86. The van der Waals surface area contributed by atoms with Gasteiger partial charge >= 0.3 is 0 Å². The third-order valence-corrected chi connectivity index (χ3v) is 6.56. The van der Waals surface area contributed by atoms with E-state index in [1.54, 1.807) is 34.8 Å². The smallest absolute Gasteiger partial charge is 0.243 e. The maximum absolute atomic E-state index is 12.9. The summed E-state index contributed by atoms with van der Waals surface area (Å²) in [7, 11) is -3.51. The lowest BCUT2D eigenvalue weighted by Gasteiger charge is -2.33. The van der Waals surface area contributed by atoms with Crippen LogP contribution in [0.4, 0.5) is 0 Å². The van der Waals surface area contributed by atoms with Crippen molar-refractivity contribution in [3.8, 4) is 0 Å². The van der Waals surface area contributed by atoms with Gasteiger partial charge in [-0.3, -0.25) is 4.98 Å². The Hall–Kier alpha value is -1.17. The van der Waals surface area contributed by atoms with Gasteiger partial charge < -0.3 is 0 Å². The summed E-state index contributed by atoms with van der Waals surface area (Å²) in [5.41, 5.74) is 0.693. The second kappa shape index (κ2) is 5.55. The van der Waals surface area contributed by atoms with Gasteiger partial charge in [0, 0.05) is 30.0 Å². The van der Waals surface area contributed by atoms with Crippen LogP contribution in [0.3, 0.4) is 0 Å². The third-order valence-electron chi connectivity index (χ3n) is 3.99. The molecule has 0 spiro atoms. The molecule has 6 heteroatoms. The summed E-state index contributed by atoms with van der Waals surface area (Å²) >= 11 is 6.19. The molecule has 1 aliphatic rings. The van der Waals surface area contributed by atoms with Gasteiger partial charge in [-0.1, -0.05) is 13.0 Å². The topological polar surface area (TPSA) is 50.3 Å². The minimum atomic E-state index is -3.51. The number of rotatable bonds is 2. The molecule has 0 radical (unpaired) electrons. The van der Waals surface area contributed by atoms with E-state index in [1.807, 2.05) is 13.0 Å². The molecule has 21 heavy (non-hydrogen) atoms. The van der Waals surface area contributed by atoms with Crippen molar-refractivity contribution in [2.75, 3.05) is 13.1 Å². The second-order valence-electron chi connectivity index (χ2n) is 5.47. The number of fused-ring (bicyclic) bond motifs is 1. The van der Waals surface area contributed by atoms with E-state index < -0.39 is 10.0 Å². The van der Waals surface area contributed by atoms with Crippen molar-refractivity contribution in [1.29, 1.82) is 0 Å². The summed E-state index contributed by atoms with van der Waals surface area (Å²) in [5, 5.41) is 0.714. The average molecular weight is 325 g/mol. The van der Waals surface area contributed by atoms with Crippen LogP contribution < -0.4 is 0 Å². The van der Waals surface area contributed by atoms with Gasteiger partial charge in [-0.2, -0.15) is 4.31 Å². The molecule has 0 bridgehead atoms. The van der Waals surface area contributed by atoms with Crippen molar-refractivity contribution in [2.24, 2.45) is 5.92 Å². The number of sulfonamides is 1. The van der Waals surface area contributed by atoms with Crippen LogP contribution in [0.25, 0.3) is 10.9 Å². The third kappa shape index (κ3) is 2.65. The summed E-state index contributed by atoms with van der Waals surface area (Å²) in [4.78, 5) is 4.55. The van der Waals surface area contributed by atoms with Crippen molar-refractivity contribution in [3.05, 3.63) is 36.5 Å². The summed E-state index contributed by atoms with van der Waals surface area (Å²) in [6.07, 6.45) is 2.35. The second-order valence-corrected chi connectivity index (χ2v) is 7.94. The zero-order valence-corrected chi connectivity index (χ0v) is 13.3. The molecule has 1 aromatic heterocycles. The number of pyridine rings is 1. The van der Waals surface area contributed by atoms with Gasteiger partial charge in [0.15, 0.2) is 0 Å². The molecular weight excluding hydrogens is 308 g/mol. The Morgan fingerprint density at radius 1 is 1.29 bits per heavy atom. The number of alkyl halides is 1. The Balaban J connectivity index is 2.05. The minimum Gasteiger partial charge on any atom is -0.256 e. The van der Waals surface area contributed by atoms with E-state index in [0.29, 0.717) is 35.3 Å². The Labute approximate surface area is 129 Å². The highest BCUT2D eigenvalue weighted by atomic mass is 35.5. The summed E-state index contributed by atoms with van der Waals surface area (Å²) in [6, 6.07) is 8.76. The highest BCUT2D eigenvalue weighted by molar-refractivity contribution is 7.89. The van der Waals surface area contributed by atoms with E-state index in [1.165, 1.54) is 0 Å². The van der Waals surface area contributed by atoms with E-state index in [-0.39, 0.29) is 11.3 Å². The first kappa shape index (κ1) is 14.8. The van der Waals surface area contributed by atoms with Crippen LogP contribution >= 0.6 is 11.6 Å². The van der Waals surface area contributed by atoms with Crippen molar-refractivity contribution < 1.29 is 8.42 Å². The quantitative estimate of drug-likeness (QED) is 0.798. The molecule has 4 nitrogen and oxygen atoms in total. The SMILES string of the molecule is CC1CN(S(=O)(=O)c2cccc3ncccc23)CCC1Cl. The molecular formula is C15H17ClN2O2S. The molecule has 3 rings (SSSR count). The van der Waals surface area contributed by atoms with Crippen molar-refractivity contribution in [3.63, 3.8) is 0 Å². The van der Waals surface area contributed by atoms with E-state index in [0.717, 1.165) is 0 Å². The maximum Gasteiger partial charge on any atom is 0.243 e. The highest BCUT2D eigenvalue weighted by Gasteiger charge is 2.33. The van der Waals surface area contributed by atoms with Gasteiger partial charge in [0.1, 0.15) is 0 Å². The monoisotopic (exact) mass is 324 g/mol. The fraction of sp³-hybridized carbons (Fsp3) is 0.400. The van der Waals surface area contributed by atoms with Crippen LogP contribution in [0, 0.1) is 5.92 Å². The van der Waals surface area contributed by atoms with Gasteiger partial charge in [-0.15, -0.1) is 11.6 Å². The first-order valence-electron chi connectivity index (χ1n) is 6.98. The lowest BCUT2D eigenvalue weighted by molar-refractivity contribution is 0.286. The molecule has 1 aromatic carbocycles. The summed E-state index contributed by atoms with van der Waals surface area (Å²) in [6.45, 7) is 2.93. The van der Waals surface area contributed by atoms with Gasteiger partial charge in [0.2, 0.25) is 10.0 Å². The van der Waals surface area contributed by atoms with E-state index in [4.69, 9.17) is 11.6 Å². The summed E-state index contributed by atoms with van der Waals surface area (Å²) in [5.74, 6) is 0.156. The van der Waals surface area contributed by atoms with Crippen molar-refractivity contribution >= 4 is 32.5 Å². The van der Waals surface area contributed by atoms with Crippen molar-refractivity contribution in [1.82, 2.24) is 9.29 Å². The highest BCUT2D eigenvalue weighted by Crippen LogP contribution is 2.29. The standard InChI is InChI=1S/C15H17ClN2O2S/c1-11-10-18(9-7-13(11)16)21(19,20)15-6-2-5-14-12(15)4-3-8-17-14/h2-6,8,11,13H,7,9-10H2,1H3. The fourth-order valence-corrected chi connectivity index (χ4v) is 4.67. The van der Waals surface area contributed by atoms with E-state index in [2.05, 4.69) is 4.98 Å². The lowest BCUT2D eigenvalue weighted by Crippen LogP contribution is -2.43. The van der Waals surface area contributed by atoms with Crippen LogP contribution in [0.2, 0.25) is 0 Å². The normalized spacial score (nSPS) is 24.3. The number of hydrogen-bond acceptors (Lipinski definition) is 3. The number of benzene rings is 1. The molecule has 2 atom stereocenters. The molecule has 2 aromatic rings. The van der Waals surface area contributed by atoms with Gasteiger partial charge in [-0.05, 0) is 36.6 Å². The lowest BCUT2D eigenvalue weighted by atomic mass is 10.0. The van der Waals surface area contributed by atoms with E-state index >= 15 is 0 Å². The number of aromatic nitrogens is 1. The molecule has 1 aliphatic heterocycles. The van der Waals surface area contributed by atoms with Crippen molar-refractivity contribution in [2.45, 2.75) is 23.6 Å². The predicted molar refractivity (Wildman–Crippen MR) is 83.9 cm³/mol. The molecule has 0 amide bonds. The van der Waals surface area contributed by atoms with Gasteiger partial charge in [-0.25, -0.2) is 8.42 Å². The zero-order chi connectivity index (χ0) is 15.0. The minimum absolute atomic E-state index is 0.0469. The molecule has 1 fully saturated rings.